The van der Waals surface area contributed by atoms with Gasteiger partial charge in [-0.2, -0.15) is 0 Å². The number of aliphatic hydroxyl groups is 1. The second kappa shape index (κ2) is 10.6. The van der Waals surface area contributed by atoms with Crippen LogP contribution in [0.5, 0.6) is 17.2 Å². The number of benzene rings is 3. The predicted molar refractivity (Wildman–Crippen MR) is 138 cm³/mol. The van der Waals surface area contributed by atoms with E-state index in [2.05, 4.69) is 0 Å². The highest BCUT2D eigenvalue weighted by molar-refractivity contribution is 6.51. The van der Waals surface area contributed by atoms with Crippen LogP contribution >= 0.6 is 0 Å². The third kappa shape index (κ3) is 4.64. The molecule has 3 aromatic carbocycles. The smallest absolute Gasteiger partial charge is 0.300 e. The van der Waals surface area contributed by atoms with Crippen molar-refractivity contribution >= 4 is 23.1 Å². The average molecular weight is 488 g/mol. The monoisotopic (exact) mass is 487 g/mol. The first-order valence-electron chi connectivity index (χ1n) is 11.7. The summed E-state index contributed by atoms with van der Waals surface area (Å²) >= 11 is 0. The second-order valence-corrected chi connectivity index (χ2v) is 8.50. The minimum atomic E-state index is -0.896. The van der Waals surface area contributed by atoms with Gasteiger partial charge in [-0.15, -0.1) is 0 Å². The van der Waals surface area contributed by atoms with Crippen LogP contribution in [0.2, 0.25) is 0 Å². The number of amides is 1. The van der Waals surface area contributed by atoms with E-state index in [1.165, 1.54) is 19.1 Å². The van der Waals surface area contributed by atoms with Gasteiger partial charge in [-0.25, -0.2) is 0 Å². The first-order valence-corrected chi connectivity index (χ1v) is 11.7. The summed E-state index contributed by atoms with van der Waals surface area (Å²) in [6.45, 7) is 4.41. The fourth-order valence-corrected chi connectivity index (χ4v) is 4.32. The summed E-state index contributed by atoms with van der Waals surface area (Å²) in [5.74, 6) is -0.300. The standard InChI is InChI=1S/C29H29NO6/c1-5-14-36-22-11-6-8-19(16-22)26-25(27(31)23-15-18(2)12-13-24(23)35-4)28(32)29(33)30(26)20-9-7-10-21(17-20)34-3/h6-13,15-17,26,31H,5,14H2,1-4H3/b27-25+. The number of hydrogen-bond acceptors (Lipinski definition) is 6. The van der Waals surface area contributed by atoms with E-state index in [1.807, 2.05) is 32.0 Å². The highest BCUT2D eigenvalue weighted by atomic mass is 16.5. The van der Waals surface area contributed by atoms with Crippen LogP contribution in [0.15, 0.2) is 72.3 Å². The predicted octanol–water partition coefficient (Wildman–Crippen LogP) is 5.43. The molecule has 7 nitrogen and oxygen atoms in total. The van der Waals surface area contributed by atoms with Crippen molar-refractivity contribution < 1.29 is 28.9 Å². The topological polar surface area (TPSA) is 85.3 Å². The van der Waals surface area contributed by atoms with E-state index in [0.717, 1.165) is 12.0 Å². The number of carbonyl (C=O) groups is 2. The zero-order chi connectivity index (χ0) is 25.8. The first-order chi connectivity index (χ1) is 17.4. The van der Waals surface area contributed by atoms with Crippen LogP contribution in [0.1, 0.15) is 36.1 Å². The molecule has 1 unspecified atom stereocenters. The molecule has 1 N–H and O–H groups in total. The zero-order valence-corrected chi connectivity index (χ0v) is 20.8. The molecule has 0 aromatic heterocycles. The first kappa shape index (κ1) is 24.9. The largest absolute Gasteiger partial charge is 0.507 e. The molecule has 0 spiro atoms. The number of anilines is 1. The normalized spacial score (nSPS) is 16.8. The average Bonchev–Trinajstić information content (AvgIpc) is 3.17. The molecule has 1 aliphatic rings. The Morgan fingerprint density at radius 2 is 1.69 bits per heavy atom. The van der Waals surface area contributed by atoms with E-state index < -0.39 is 17.7 Å². The van der Waals surface area contributed by atoms with Crippen LogP contribution in [-0.4, -0.2) is 37.6 Å². The van der Waals surface area contributed by atoms with Gasteiger partial charge in [-0.1, -0.05) is 36.8 Å². The quantitative estimate of drug-likeness (QED) is 0.259. The molecule has 0 saturated carbocycles. The molecule has 0 aliphatic carbocycles. The highest BCUT2D eigenvalue weighted by Crippen LogP contribution is 2.44. The van der Waals surface area contributed by atoms with Gasteiger partial charge in [-0.3, -0.25) is 14.5 Å². The van der Waals surface area contributed by atoms with E-state index in [0.29, 0.717) is 40.7 Å². The van der Waals surface area contributed by atoms with E-state index in [1.54, 1.807) is 48.5 Å². The number of hydrogen-bond donors (Lipinski definition) is 1. The molecular weight excluding hydrogens is 458 g/mol. The number of methoxy groups -OCH3 is 2. The number of Topliss-reactive ketones (excluding diaryl/α,β-unsaturated/α-hetero) is 1. The van der Waals surface area contributed by atoms with Crippen LogP contribution in [-0.2, 0) is 9.59 Å². The Balaban J connectivity index is 1.96. The Morgan fingerprint density at radius 3 is 2.42 bits per heavy atom. The summed E-state index contributed by atoms with van der Waals surface area (Å²) in [6, 6.07) is 18.5. The van der Waals surface area contributed by atoms with Crippen molar-refractivity contribution in [1.29, 1.82) is 0 Å². The van der Waals surface area contributed by atoms with Crippen LogP contribution < -0.4 is 19.1 Å². The lowest BCUT2D eigenvalue weighted by molar-refractivity contribution is -0.132. The van der Waals surface area contributed by atoms with Crippen molar-refractivity contribution in [2.75, 3.05) is 25.7 Å². The maximum absolute atomic E-state index is 13.5. The van der Waals surface area contributed by atoms with Crippen LogP contribution in [0.3, 0.4) is 0 Å². The van der Waals surface area contributed by atoms with Crippen LogP contribution in [0, 0.1) is 6.92 Å². The van der Waals surface area contributed by atoms with Gasteiger partial charge in [-0.05, 0) is 55.3 Å². The van der Waals surface area contributed by atoms with Crippen molar-refractivity contribution in [3.63, 3.8) is 0 Å². The third-order valence-electron chi connectivity index (χ3n) is 6.03. The zero-order valence-electron chi connectivity index (χ0n) is 20.8. The van der Waals surface area contributed by atoms with Crippen molar-refractivity contribution in [3.05, 3.63) is 89.0 Å². The third-order valence-corrected chi connectivity index (χ3v) is 6.03. The molecule has 1 fully saturated rings. The van der Waals surface area contributed by atoms with Gasteiger partial charge in [0.1, 0.15) is 23.0 Å². The molecular formula is C29H29NO6. The summed E-state index contributed by atoms with van der Waals surface area (Å²) in [4.78, 5) is 28.3. The van der Waals surface area contributed by atoms with Crippen molar-refractivity contribution in [1.82, 2.24) is 0 Å². The van der Waals surface area contributed by atoms with Crippen molar-refractivity contribution in [2.24, 2.45) is 0 Å². The van der Waals surface area contributed by atoms with Gasteiger partial charge in [0.05, 0.1) is 38.0 Å². The molecule has 0 bridgehead atoms. The molecule has 1 atom stereocenters. The van der Waals surface area contributed by atoms with E-state index in [9.17, 15) is 14.7 Å². The molecule has 186 valence electrons. The van der Waals surface area contributed by atoms with Crippen molar-refractivity contribution in [3.8, 4) is 17.2 Å². The van der Waals surface area contributed by atoms with Gasteiger partial charge in [0, 0.05) is 11.8 Å². The maximum Gasteiger partial charge on any atom is 0.300 e. The SMILES string of the molecule is CCCOc1cccc(C2/C(=C(\O)c3cc(C)ccc3OC)C(=O)C(=O)N2c2cccc(OC)c2)c1. The fraction of sp³-hybridized carbons (Fsp3) is 0.241. The Morgan fingerprint density at radius 1 is 0.944 bits per heavy atom. The molecule has 0 radical (unpaired) electrons. The summed E-state index contributed by atoms with van der Waals surface area (Å²) < 4.78 is 16.6. The molecule has 1 aliphatic heterocycles. The van der Waals surface area contributed by atoms with Gasteiger partial charge in [0.15, 0.2) is 0 Å². The number of ether oxygens (including phenoxy) is 3. The van der Waals surface area contributed by atoms with E-state index >= 15 is 0 Å². The number of carbonyl (C=O) groups excluding carboxylic acids is 2. The fourth-order valence-electron chi connectivity index (χ4n) is 4.32. The Labute approximate surface area is 210 Å². The molecule has 1 saturated heterocycles. The number of nitrogens with zero attached hydrogens (tertiary/aromatic N) is 1. The summed E-state index contributed by atoms with van der Waals surface area (Å²) in [5, 5.41) is 11.5. The Bertz CT molecular complexity index is 1330. The number of ketones is 1. The molecule has 3 aromatic rings. The maximum atomic E-state index is 13.5. The van der Waals surface area contributed by atoms with Gasteiger partial charge in [0.25, 0.3) is 11.7 Å². The molecule has 1 amide bonds. The van der Waals surface area contributed by atoms with Gasteiger partial charge < -0.3 is 19.3 Å². The summed E-state index contributed by atoms with van der Waals surface area (Å²) in [5.41, 5.74) is 2.27. The lowest BCUT2D eigenvalue weighted by Crippen LogP contribution is -2.29. The van der Waals surface area contributed by atoms with Crippen LogP contribution in [0.4, 0.5) is 5.69 Å². The molecule has 4 rings (SSSR count). The minimum absolute atomic E-state index is 0.0284. The lowest BCUT2D eigenvalue weighted by atomic mass is 9.94. The lowest BCUT2D eigenvalue weighted by Gasteiger charge is -2.26. The highest BCUT2D eigenvalue weighted by Gasteiger charge is 2.47. The van der Waals surface area contributed by atoms with E-state index in [4.69, 9.17) is 14.2 Å². The second-order valence-electron chi connectivity index (χ2n) is 8.50. The minimum Gasteiger partial charge on any atom is -0.507 e. The van der Waals surface area contributed by atoms with Gasteiger partial charge in [0.2, 0.25) is 0 Å². The number of aliphatic hydroxyl groups excluding tert-OH is 1. The Hall–Kier alpha value is -4.26. The van der Waals surface area contributed by atoms with E-state index in [-0.39, 0.29) is 11.3 Å². The van der Waals surface area contributed by atoms with Gasteiger partial charge >= 0.3 is 0 Å². The van der Waals surface area contributed by atoms with Crippen LogP contribution in [0.25, 0.3) is 5.76 Å². The molecule has 36 heavy (non-hydrogen) atoms. The Kier molecular flexibility index (Phi) is 7.29. The summed E-state index contributed by atoms with van der Waals surface area (Å²) in [6.07, 6.45) is 0.833. The number of rotatable bonds is 8. The number of aryl methyl sites for hydroxylation is 1. The van der Waals surface area contributed by atoms with Crippen molar-refractivity contribution in [2.45, 2.75) is 26.3 Å². The summed E-state index contributed by atoms with van der Waals surface area (Å²) in [7, 11) is 3.02. The molecule has 1 heterocycles. The molecule has 7 heteroatoms.